The number of rotatable bonds is 8. The van der Waals surface area contributed by atoms with Gasteiger partial charge in [-0.05, 0) is 32.9 Å². The second-order valence-electron chi connectivity index (χ2n) is 6.02. The standard InChI is InChI=1S/C19H28N4O2S.HI/c1-6-20-19(23(4)12-16-13-26-15(3)22-16)21-11-14(2)25-18-9-7-8-17(10-18)24-5;/h7-10,13-14H,6,11-12H2,1-5H3,(H,20,21);1H. The zero-order chi connectivity index (χ0) is 18.9. The van der Waals surface area contributed by atoms with Gasteiger partial charge < -0.3 is 19.7 Å². The van der Waals surface area contributed by atoms with E-state index in [1.165, 1.54) is 0 Å². The predicted molar refractivity (Wildman–Crippen MR) is 123 cm³/mol. The maximum Gasteiger partial charge on any atom is 0.194 e. The Bertz CT molecular complexity index is 723. The van der Waals surface area contributed by atoms with Gasteiger partial charge in [0.25, 0.3) is 0 Å². The molecule has 1 aromatic heterocycles. The van der Waals surface area contributed by atoms with Crippen LogP contribution in [0.4, 0.5) is 0 Å². The molecule has 1 aromatic carbocycles. The highest BCUT2D eigenvalue weighted by Gasteiger charge is 2.10. The van der Waals surface area contributed by atoms with Crippen molar-refractivity contribution in [1.82, 2.24) is 15.2 Å². The lowest BCUT2D eigenvalue weighted by molar-refractivity contribution is 0.228. The number of hydrogen-bond donors (Lipinski definition) is 1. The minimum Gasteiger partial charge on any atom is -0.497 e. The van der Waals surface area contributed by atoms with Crippen LogP contribution >= 0.6 is 35.3 Å². The van der Waals surface area contributed by atoms with Crippen molar-refractivity contribution in [2.24, 2.45) is 4.99 Å². The predicted octanol–water partition coefficient (Wildman–Crippen LogP) is 3.94. The Kier molecular flexibility index (Phi) is 10.5. The molecule has 6 nitrogen and oxygen atoms in total. The number of nitrogens with one attached hydrogen (secondary N) is 1. The summed E-state index contributed by atoms with van der Waals surface area (Å²) >= 11 is 1.67. The third-order valence-electron chi connectivity index (χ3n) is 3.64. The van der Waals surface area contributed by atoms with E-state index in [2.05, 4.69) is 27.5 Å². The molecule has 2 aromatic rings. The van der Waals surface area contributed by atoms with Crippen LogP contribution in [0.3, 0.4) is 0 Å². The lowest BCUT2D eigenvalue weighted by Crippen LogP contribution is -2.39. The largest absolute Gasteiger partial charge is 0.497 e. The van der Waals surface area contributed by atoms with Gasteiger partial charge >= 0.3 is 0 Å². The van der Waals surface area contributed by atoms with Crippen molar-refractivity contribution >= 4 is 41.3 Å². The number of aromatic nitrogens is 1. The molecule has 1 unspecified atom stereocenters. The van der Waals surface area contributed by atoms with Crippen LogP contribution in [0.15, 0.2) is 34.6 Å². The second kappa shape index (κ2) is 12.0. The minimum atomic E-state index is -0.0503. The Morgan fingerprint density at radius 1 is 1.37 bits per heavy atom. The lowest BCUT2D eigenvalue weighted by Gasteiger charge is -2.22. The van der Waals surface area contributed by atoms with Crippen molar-refractivity contribution in [2.75, 3.05) is 27.2 Å². The van der Waals surface area contributed by atoms with Crippen molar-refractivity contribution in [3.63, 3.8) is 0 Å². The van der Waals surface area contributed by atoms with Crippen molar-refractivity contribution in [2.45, 2.75) is 33.4 Å². The first kappa shape index (κ1) is 23.5. The van der Waals surface area contributed by atoms with E-state index < -0.39 is 0 Å². The summed E-state index contributed by atoms with van der Waals surface area (Å²) in [6.07, 6.45) is -0.0503. The van der Waals surface area contributed by atoms with Gasteiger partial charge in [0.1, 0.15) is 17.6 Å². The molecule has 0 fully saturated rings. The molecule has 0 saturated carbocycles. The number of halogens is 1. The SMILES string of the molecule is CCNC(=NCC(C)Oc1cccc(OC)c1)N(C)Cc1csc(C)n1.I. The molecule has 2 rings (SSSR count). The normalized spacial score (nSPS) is 12.1. The fraction of sp³-hybridized carbons (Fsp3) is 0.474. The van der Waals surface area contributed by atoms with Crippen LogP contribution in [0, 0.1) is 6.92 Å². The third kappa shape index (κ3) is 7.92. The molecule has 1 N–H and O–H groups in total. The summed E-state index contributed by atoms with van der Waals surface area (Å²) in [6, 6.07) is 7.61. The first-order valence-electron chi connectivity index (χ1n) is 8.73. The van der Waals surface area contributed by atoms with E-state index in [9.17, 15) is 0 Å². The van der Waals surface area contributed by atoms with Gasteiger partial charge in [0.2, 0.25) is 0 Å². The van der Waals surface area contributed by atoms with Crippen LogP contribution in [0.1, 0.15) is 24.5 Å². The zero-order valence-electron chi connectivity index (χ0n) is 16.6. The first-order valence-corrected chi connectivity index (χ1v) is 9.61. The molecule has 0 aliphatic rings. The molecule has 150 valence electrons. The summed E-state index contributed by atoms with van der Waals surface area (Å²) in [5, 5.41) is 6.49. The average Bonchev–Trinajstić information content (AvgIpc) is 3.03. The summed E-state index contributed by atoms with van der Waals surface area (Å²) in [4.78, 5) is 11.3. The molecule has 0 saturated heterocycles. The van der Waals surface area contributed by atoms with Gasteiger partial charge in [-0.1, -0.05) is 6.07 Å². The van der Waals surface area contributed by atoms with Crippen LogP contribution in [0.25, 0.3) is 0 Å². The number of benzene rings is 1. The number of ether oxygens (including phenoxy) is 2. The van der Waals surface area contributed by atoms with Crippen LogP contribution in [-0.4, -0.2) is 49.2 Å². The minimum absolute atomic E-state index is 0. The molecule has 0 bridgehead atoms. The van der Waals surface area contributed by atoms with E-state index in [1.54, 1.807) is 18.4 Å². The smallest absolute Gasteiger partial charge is 0.194 e. The van der Waals surface area contributed by atoms with E-state index >= 15 is 0 Å². The summed E-state index contributed by atoms with van der Waals surface area (Å²) in [7, 11) is 3.67. The molecule has 0 aliphatic heterocycles. The molecular weight excluding hydrogens is 475 g/mol. The highest BCUT2D eigenvalue weighted by molar-refractivity contribution is 14.0. The molecule has 27 heavy (non-hydrogen) atoms. The fourth-order valence-electron chi connectivity index (χ4n) is 2.43. The van der Waals surface area contributed by atoms with Gasteiger partial charge in [0.15, 0.2) is 5.96 Å². The topological polar surface area (TPSA) is 59.0 Å². The Morgan fingerprint density at radius 2 is 2.11 bits per heavy atom. The number of aliphatic imine (C=N–C) groups is 1. The van der Waals surface area contributed by atoms with Gasteiger partial charge in [-0.2, -0.15) is 0 Å². The van der Waals surface area contributed by atoms with Gasteiger partial charge in [-0.3, -0.25) is 0 Å². The average molecular weight is 504 g/mol. The molecule has 8 heteroatoms. The Balaban J connectivity index is 0.00000364. The molecular formula is C19H29IN4O2S. The highest BCUT2D eigenvalue weighted by atomic mass is 127. The Morgan fingerprint density at radius 3 is 2.74 bits per heavy atom. The zero-order valence-corrected chi connectivity index (χ0v) is 19.7. The van der Waals surface area contributed by atoms with Crippen molar-refractivity contribution < 1.29 is 9.47 Å². The summed E-state index contributed by atoms with van der Waals surface area (Å²) < 4.78 is 11.2. The van der Waals surface area contributed by atoms with Crippen LogP contribution in [0.2, 0.25) is 0 Å². The number of hydrogen-bond acceptors (Lipinski definition) is 5. The molecule has 0 spiro atoms. The van der Waals surface area contributed by atoms with Gasteiger partial charge in [0, 0.05) is 25.0 Å². The highest BCUT2D eigenvalue weighted by Crippen LogP contribution is 2.20. The van der Waals surface area contributed by atoms with E-state index in [0.29, 0.717) is 6.54 Å². The van der Waals surface area contributed by atoms with Crippen molar-refractivity contribution in [3.05, 3.63) is 40.3 Å². The molecule has 0 radical (unpaired) electrons. The van der Waals surface area contributed by atoms with Crippen molar-refractivity contribution in [1.29, 1.82) is 0 Å². The lowest BCUT2D eigenvalue weighted by atomic mass is 10.3. The number of guanidine groups is 1. The summed E-state index contributed by atoms with van der Waals surface area (Å²) in [5.74, 6) is 2.41. The Hall–Kier alpha value is -1.55. The van der Waals surface area contributed by atoms with Crippen LogP contribution < -0.4 is 14.8 Å². The maximum absolute atomic E-state index is 5.94. The summed E-state index contributed by atoms with van der Waals surface area (Å²) in [5.41, 5.74) is 1.06. The quantitative estimate of drug-likeness (QED) is 0.335. The number of methoxy groups -OCH3 is 1. The van der Waals surface area contributed by atoms with E-state index in [4.69, 9.17) is 14.5 Å². The molecule has 1 atom stereocenters. The molecule has 1 heterocycles. The number of thiazole rings is 1. The van der Waals surface area contributed by atoms with E-state index in [-0.39, 0.29) is 30.1 Å². The van der Waals surface area contributed by atoms with Crippen molar-refractivity contribution in [3.8, 4) is 11.5 Å². The molecule has 0 aliphatic carbocycles. The van der Waals surface area contributed by atoms with Gasteiger partial charge in [-0.25, -0.2) is 9.98 Å². The van der Waals surface area contributed by atoms with Gasteiger partial charge in [0.05, 0.1) is 30.9 Å². The van der Waals surface area contributed by atoms with Gasteiger partial charge in [-0.15, -0.1) is 35.3 Å². The van der Waals surface area contributed by atoms with Crippen LogP contribution in [0.5, 0.6) is 11.5 Å². The third-order valence-corrected chi connectivity index (χ3v) is 4.46. The Labute approximate surface area is 183 Å². The second-order valence-corrected chi connectivity index (χ2v) is 7.08. The van der Waals surface area contributed by atoms with E-state index in [0.717, 1.165) is 41.2 Å². The fourth-order valence-corrected chi connectivity index (χ4v) is 3.03. The molecule has 0 amide bonds. The van der Waals surface area contributed by atoms with Crippen LogP contribution in [-0.2, 0) is 6.54 Å². The number of aryl methyl sites for hydroxylation is 1. The maximum atomic E-state index is 5.94. The number of nitrogens with zero attached hydrogens (tertiary/aromatic N) is 3. The monoisotopic (exact) mass is 504 g/mol. The van der Waals surface area contributed by atoms with E-state index in [1.807, 2.05) is 45.2 Å². The first-order chi connectivity index (χ1) is 12.5. The summed E-state index contributed by atoms with van der Waals surface area (Å²) in [6.45, 7) is 8.18.